The Morgan fingerprint density at radius 2 is 1.89 bits per heavy atom. The van der Waals surface area contributed by atoms with Crippen LogP contribution in [0.5, 0.6) is 0 Å². The summed E-state index contributed by atoms with van der Waals surface area (Å²) in [6, 6.07) is 8.16. The molecule has 1 aromatic heterocycles. The topological polar surface area (TPSA) is 72.3 Å². The van der Waals surface area contributed by atoms with Crippen LogP contribution in [0.4, 0.5) is 5.95 Å². The number of carbonyl (C=O) groups excluding carboxylic acids is 1. The summed E-state index contributed by atoms with van der Waals surface area (Å²) in [5.41, 5.74) is 1.89. The third-order valence-electron chi connectivity index (χ3n) is 4.42. The molecule has 0 saturated carbocycles. The summed E-state index contributed by atoms with van der Waals surface area (Å²) < 4.78 is 7.54. The monoisotopic (exact) mass is 403 g/mol. The Labute approximate surface area is 170 Å². The largest absolute Gasteiger partial charge is 0.378 e. The van der Waals surface area contributed by atoms with Crippen LogP contribution in [-0.4, -0.2) is 57.8 Å². The van der Waals surface area contributed by atoms with Crippen LogP contribution in [0.15, 0.2) is 29.4 Å². The number of para-hydroxylation sites is 1. The zero-order chi connectivity index (χ0) is 20.3. The number of hydrogen-bond donors (Lipinski definition) is 1. The first kappa shape index (κ1) is 20.7. The second-order valence-corrected chi connectivity index (χ2v) is 9.31. The molecule has 0 aliphatic carbocycles. The highest BCUT2D eigenvalue weighted by Gasteiger charge is 2.26. The van der Waals surface area contributed by atoms with E-state index in [0.29, 0.717) is 18.4 Å². The highest BCUT2D eigenvalue weighted by molar-refractivity contribution is 8.00. The molecule has 1 aromatic carbocycles. The first-order valence-corrected chi connectivity index (χ1v) is 10.5. The van der Waals surface area contributed by atoms with Crippen LogP contribution < -0.4 is 10.2 Å². The van der Waals surface area contributed by atoms with E-state index in [9.17, 15) is 4.79 Å². The first-order chi connectivity index (χ1) is 13.3. The normalized spacial score (nSPS) is 16.1. The number of aryl methyl sites for hydroxylation is 1. The van der Waals surface area contributed by atoms with Crippen molar-refractivity contribution in [3.05, 3.63) is 29.8 Å². The fourth-order valence-corrected chi connectivity index (χ4v) is 3.87. The predicted octanol–water partition coefficient (Wildman–Crippen LogP) is 2.81. The van der Waals surface area contributed by atoms with Crippen LogP contribution in [-0.2, 0) is 9.53 Å². The van der Waals surface area contributed by atoms with Crippen molar-refractivity contribution in [3.63, 3.8) is 0 Å². The second-order valence-electron chi connectivity index (χ2n) is 8.00. The van der Waals surface area contributed by atoms with Gasteiger partial charge < -0.3 is 15.0 Å². The molecule has 1 N–H and O–H groups in total. The summed E-state index contributed by atoms with van der Waals surface area (Å²) in [5.74, 6) is 0.785. The lowest BCUT2D eigenvalue weighted by Crippen LogP contribution is -2.44. The summed E-state index contributed by atoms with van der Waals surface area (Å²) in [5, 5.41) is 12.4. The number of amides is 1. The second kappa shape index (κ2) is 8.53. The van der Waals surface area contributed by atoms with Crippen LogP contribution >= 0.6 is 11.8 Å². The maximum absolute atomic E-state index is 12.6. The van der Waals surface area contributed by atoms with Gasteiger partial charge in [-0.2, -0.15) is 0 Å². The molecule has 2 aromatic rings. The molecule has 1 fully saturated rings. The number of nitrogens with zero attached hydrogens (tertiary/aromatic N) is 4. The van der Waals surface area contributed by atoms with Crippen molar-refractivity contribution in [3.8, 4) is 5.69 Å². The molecule has 7 nitrogen and oxygen atoms in total. The van der Waals surface area contributed by atoms with E-state index in [1.165, 1.54) is 11.8 Å². The van der Waals surface area contributed by atoms with Crippen molar-refractivity contribution in [2.45, 2.75) is 50.6 Å². The number of rotatable bonds is 5. The zero-order valence-corrected chi connectivity index (χ0v) is 18.0. The Hall–Kier alpha value is -2.06. The van der Waals surface area contributed by atoms with E-state index in [4.69, 9.17) is 4.74 Å². The average Bonchev–Trinajstić information content (AvgIpc) is 3.04. The van der Waals surface area contributed by atoms with Gasteiger partial charge in [0.25, 0.3) is 0 Å². The van der Waals surface area contributed by atoms with Crippen molar-refractivity contribution < 1.29 is 9.53 Å². The molecule has 1 aliphatic heterocycles. The van der Waals surface area contributed by atoms with Crippen molar-refractivity contribution in [2.75, 3.05) is 31.2 Å². The maximum Gasteiger partial charge on any atom is 0.233 e. The Balaban J connectivity index is 1.94. The minimum atomic E-state index is -0.288. The summed E-state index contributed by atoms with van der Waals surface area (Å²) in [6.45, 7) is 12.8. The quantitative estimate of drug-likeness (QED) is 0.774. The third-order valence-corrected chi connectivity index (χ3v) is 5.46. The Morgan fingerprint density at radius 1 is 1.21 bits per heavy atom. The lowest BCUT2D eigenvalue weighted by atomic mass is 10.1. The van der Waals surface area contributed by atoms with Crippen LogP contribution in [0, 0.1) is 6.92 Å². The van der Waals surface area contributed by atoms with Crippen molar-refractivity contribution in [1.29, 1.82) is 0 Å². The molecule has 152 valence electrons. The summed E-state index contributed by atoms with van der Waals surface area (Å²) in [6.07, 6.45) is 0. The molecule has 1 atom stereocenters. The minimum absolute atomic E-state index is 0.00949. The summed E-state index contributed by atoms with van der Waals surface area (Å²) in [4.78, 5) is 14.8. The van der Waals surface area contributed by atoms with Gasteiger partial charge in [-0.3, -0.25) is 9.36 Å². The van der Waals surface area contributed by atoms with Crippen LogP contribution in [0.1, 0.15) is 33.3 Å². The van der Waals surface area contributed by atoms with Crippen LogP contribution in [0.25, 0.3) is 5.69 Å². The van der Waals surface area contributed by atoms with E-state index in [0.717, 1.165) is 30.3 Å². The van der Waals surface area contributed by atoms with Gasteiger partial charge in [0.15, 0.2) is 5.16 Å². The van der Waals surface area contributed by atoms with Gasteiger partial charge in [0.2, 0.25) is 11.9 Å². The molecule has 28 heavy (non-hydrogen) atoms. The third kappa shape index (κ3) is 4.86. The van der Waals surface area contributed by atoms with Gasteiger partial charge in [0, 0.05) is 18.6 Å². The summed E-state index contributed by atoms with van der Waals surface area (Å²) >= 11 is 1.43. The number of morpholine rings is 1. The van der Waals surface area contributed by atoms with Gasteiger partial charge in [-0.25, -0.2) is 0 Å². The lowest BCUT2D eigenvalue weighted by Gasteiger charge is -2.28. The minimum Gasteiger partial charge on any atom is -0.378 e. The lowest BCUT2D eigenvalue weighted by molar-refractivity contribution is -0.121. The Bertz CT molecular complexity index is 824. The van der Waals surface area contributed by atoms with Gasteiger partial charge in [-0.1, -0.05) is 30.0 Å². The van der Waals surface area contributed by atoms with E-state index in [1.807, 2.05) is 39.8 Å². The Kier molecular flexibility index (Phi) is 6.30. The van der Waals surface area contributed by atoms with Gasteiger partial charge >= 0.3 is 0 Å². The SMILES string of the molecule is Cc1ccccc1-n1c(SC(C)C(=O)NC(C)(C)C)nnc1N1CCOCC1. The average molecular weight is 404 g/mol. The zero-order valence-electron chi connectivity index (χ0n) is 17.2. The van der Waals surface area contributed by atoms with Crippen molar-refractivity contribution in [1.82, 2.24) is 20.1 Å². The van der Waals surface area contributed by atoms with Gasteiger partial charge in [-0.15, -0.1) is 10.2 Å². The number of ether oxygens (including phenoxy) is 1. The molecule has 3 rings (SSSR count). The van der Waals surface area contributed by atoms with Gasteiger partial charge in [0.1, 0.15) is 0 Å². The highest BCUT2D eigenvalue weighted by atomic mass is 32.2. The molecule has 2 heterocycles. The molecular weight excluding hydrogens is 374 g/mol. The highest BCUT2D eigenvalue weighted by Crippen LogP contribution is 2.31. The number of benzene rings is 1. The van der Waals surface area contributed by atoms with E-state index < -0.39 is 0 Å². The summed E-state index contributed by atoms with van der Waals surface area (Å²) in [7, 11) is 0. The molecule has 0 spiro atoms. The number of hydrogen-bond acceptors (Lipinski definition) is 6. The van der Waals surface area contributed by atoms with E-state index in [2.05, 4.69) is 44.0 Å². The number of carbonyl (C=O) groups is 1. The van der Waals surface area contributed by atoms with Crippen LogP contribution in [0.3, 0.4) is 0 Å². The molecule has 0 bridgehead atoms. The predicted molar refractivity (Wildman–Crippen MR) is 112 cm³/mol. The molecule has 1 amide bonds. The van der Waals surface area contributed by atoms with Crippen LogP contribution in [0.2, 0.25) is 0 Å². The first-order valence-electron chi connectivity index (χ1n) is 9.59. The molecule has 0 radical (unpaired) electrons. The fourth-order valence-electron chi connectivity index (χ4n) is 3.01. The Morgan fingerprint density at radius 3 is 2.54 bits per heavy atom. The molecule has 1 saturated heterocycles. The molecule has 1 aliphatic rings. The maximum atomic E-state index is 12.6. The van der Waals surface area contributed by atoms with E-state index in [-0.39, 0.29) is 16.7 Å². The fraction of sp³-hybridized carbons (Fsp3) is 0.550. The van der Waals surface area contributed by atoms with Gasteiger partial charge in [-0.05, 0) is 46.2 Å². The number of anilines is 1. The van der Waals surface area contributed by atoms with Crippen molar-refractivity contribution >= 4 is 23.6 Å². The molecule has 1 unspecified atom stereocenters. The number of aromatic nitrogens is 3. The molecular formula is C20H29N5O2S. The number of thioether (sulfide) groups is 1. The van der Waals surface area contributed by atoms with Gasteiger partial charge in [0.05, 0.1) is 24.2 Å². The molecule has 8 heteroatoms. The van der Waals surface area contributed by atoms with E-state index >= 15 is 0 Å². The smallest absolute Gasteiger partial charge is 0.233 e. The standard InChI is InChI=1S/C20H29N5O2S/c1-14-8-6-7-9-16(14)25-18(24-10-12-27-13-11-24)22-23-19(25)28-15(2)17(26)21-20(3,4)5/h6-9,15H,10-13H2,1-5H3,(H,21,26). The van der Waals surface area contributed by atoms with Crippen molar-refractivity contribution in [2.24, 2.45) is 0 Å². The number of nitrogens with one attached hydrogen (secondary N) is 1. The van der Waals surface area contributed by atoms with E-state index in [1.54, 1.807) is 0 Å².